The van der Waals surface area contributed by atoms with Gasteiger partial charge < -0.3 is 63.4 Å². The van der Waals surface area contributed by atoms with Crippen LogP contribution in [-0.4, -0.2) is 135 Å². The van der Waals surface area contributed by atoms with Crippen LogP contribution in [0.15, 0.2) is 60.3 Å². The molecule has 6 saturated heterocycles. The van der Waals surface area contributed by atoms with Crippen molar-refractivity contribution in [2.75, 3.05) is 19.8 Å². The van der Waals surface area contributed by atoms with Gasteiger partial charge in [0.15, 0.2) is 17.2 Å². The second-order valence-corrected chi connectivity index (χ2v) is 20.7. The van der Waals surface area contributed by atoms with Crippen LogP contribution in [0.1, 0.15) is 131 Å². The Morgan fingerprint density at radius 3 is 2.52 bits per heavy atom. The Morgan fingerprint density at radius 1 is 1.00 bits per heavy atom. The molecule has 0 aromatic heterocycles. The fourth-order valence-electron chi connectivity index (χ4n) is 11.2. The van der Waals surface area contributed by atoms with Crippen molar-refractivity contribution < 1.29 is 68.2 Å². The monoisotopic (exact) mass is 915 g/mol. The summed E-state index contributed by atoms with van der Waals surface area (Å²) in [6, 6.07) is 0. The molecule has 7 heterocycles. The number of fused-ring (bicyclic) bond motifs is 1. The number of hydrogen-bond donors (Lipinski definition) is 5. The molecule has 3 spiro atoms. The summed E-state index contributed by atoms with van der Waals surface area (Å²) >= 11 is 0. The quantitative estimate of drug-likeness (QED) is 0.0926. The van der Waals surface area contributed by atoms with Crippen molar-refractivity contribution in [2.24, 2.45) is 17.8 Å². The van der Waals surface area contributed by atoms with Crippen LogP contribution >= 0.6 is 0 Å². The number of esters is 1. The van der Waals surface area contributed by atoms with Gasteiger partial charge in [-0.25, -0.2) is 4.79 Å². The molecule has 366 valence electrons. The van der Waals surface area contributed by atoms with E-state index in [-0.39, 0.29) is 49.8 Å². The number of carbonyl (C=O) groups excluding carboxylic acids is 1. The third kappa shape index (κ3) is 11.8. The number of rotatable bonds is 15. The van der Waals surface area contributed by atoms with E-state index in [9.17, 15) is 25.2 Å². The van der Waals surface area contributed by atoms with Crippen LogP contribution in [0.25, 0.3) is 0 Å². The van der Waals surface area contributed by atoms with Crippen molar-refractivity contribution in [1.29, 1.82) is 0 Å². The van der Waals surface area contributed by atoms with Crippen LogP contribution < -0.4 is 0 Å². The maximum absolute atomic E-state index is 12.9. The van der Waals surface area contributed by atoms with Gasteiger partial charge in [0.25, 0.3) is 0 Å². The van der Waals surface area contributed by atoms with Crippen molar-refractivity contribution >= 4 is 5.97 Å². The Morgan fingerprint density at radius 2 is 1.77 bits per heavy atom. The van der Waals surface area contributed by atoms with Crippen LogP contribution in [0.3, 0.4) is 0 Å². The number of aliphatic hydroxyl groups is 5. The van der Waals surface area contributed by atoms with Crippen LogP contribution in [0.2, 0.25) is 0 Å². The lowest BCUT2D eigenvalue weighted by atomic mass is 9.79. The molecule has 0 radical (unpaired) electrons. The highest BCUT2D eigenvalue weighted by atomic mass is 16.7. The summed E-state index contributed by atoms with van der Waals surface area (Å²) in [5.41, 5.74) is 0.217. The summed E-state index contributed by atoms with van der Waals surface area (Å²) in [5, 5.41) is 54.7. The van der Waals surface area contributed by atoms with Crippen LogP contribution in [0.5, 0.6) is 0 Å². The van der Waals surface area contributed by atoms with Crippen molar-refractivity contribution in [2.45, 2.75) is 215 Å². The topological polar surface area (TPSA) is 192 Å². The summed E-state index contributed by atoms with van der Waals surface area (Å²) in [6.07, 6.45) is 13.3. The summed E-state index contributed by atoms with van der Waals surface area (Å²) in [5.74, 6) is -3.32. The fourth-order valence-corrected chi connectivity index (χ4v) is 11.2. The standard InChI is InChI=1S/C51H78O14/c1-31(30-52)12-8-10-24-58-47(56)48(7,57)29-38-15-16-42(54)51(62-38)28-32(2)26-41(63-51)33(3)13-14-37-18-22-50(61-37)23-19-40-46(65-50)43(55)36(6)45(60-40)39(53)27-35(5)44-34(4)17-21-49(64-44)20-9-11-25-59-49/h8,10,13-14,28,33-35,37-46,52-55,57H,1,6,9,11-12,15-27,29-30H2,2-5,7H3. The smallest absolute Gasteiger partial charge is 0.338 e. The molecule has 7 aliphatic heterocycles. The molecule has 0 bridgehead atoms. The van der Waals surface area contributed by atoms with Gasteiger partial charge in [-0.2, -0.15) is 0 Å². The first-order valence-electron chi connectivity index (χ1n) is 24.5. The minimum absolute atomic E-state index is 0.0324. The summed E-state index contributed by atoms with van der Waals surface area (Å²) in [4.78, 5) is 12.9. The van der Waals surface area contributed by atoms with Crippen molar-refractivity contribution in [3.8, 4) is 0 Å². The predicted octanol–water partition coefficient (Wildman–Crippen LogP) is 6.17. The normalized spacial score (nSPS) is 41.3. The van der Waals surface area contributed by atoms with Gasteiger partial charge >= 0.3 is 5.97 Å². The first-order valence-corrected chi connectivity index (χ1v) is 24.5. The summed E-state index contributed by atoms with van der Waals surface area (Å²) in [7, 11) is 0. The highest BCUT2D eigenvalue weighted by molar-refractivity contribution is 5.78. The molecule has 0 amide bonds. The van der Waals surface area contributed by atoms with Gasteiger partial charge in [-0.15, -0.1) is 0 Å². The third-order valence-corrected chi connectivity index (χ3v) is 15.1. The maximum atomic E-state index is 12.9. The SMILES string of the molecule is C=C(CO)CC=CCOC(=O)C(C)(O)CC1CCC(O)C2(C=C(C)CC(C(C)C=CC3CCC4(CCC5OC(C(O)CC(C)C6OC7(CCCCO7)CCC6C)C(=C)C(O)C5O4)O3)O2)O1. The fraction of sp³-hybridized carbons (Fsp3) is 0.784. The maximum Gasteiger partial charge on any atom is 0.338 e. The van der Waals surface area contributed by atoms with Crippen molar-refractivity contribution in [1.82, 2.24) is 0 Å². The van der Waals surface area contributed by atoms with E-state index in [1.165, 1.54) is 6.92 Å². The molecule has 0 saturated carbocycles. The van der Waals surface area contributed by atoms with Gasteiger partial charge in [0.05, 0.1) is 49.8 Å². The van der Waals surface area contributed by atoms with Crippen LogP contribution in [0, 0.1) is 17.8 Å². The van der Waals surface area contributed by atoms with E-state index in [4.69, 9.17) is 43.0 Å². The molecule has 0 aromatic carbocycles. The molecule has 65 heavy (non-hydrogen) atoms. The number of aliphatic hydroxyl groups excluding tert-OH is 4. The van der Waals surface area contributed by atoms with Crippen molar-refractivity contribution in [3.05, 3.63) is 60.3 Å². The number of carbonyl (C=O) groups is 1. The number of ether oxygens (including phenoxy) is 8. The van der Waals surface area contributed by atoms with E-state index < -0.39 is 71.7 Å². The molecule has 7 rings (SSSR count). The van der Waals surface area contributed by atoms with Gasteiger partial charge in [0.1, 0.15) is 31.0 Å². The van der Waals surface area contributed by atoms with E-state index in [2.05, 4.69) is 40.0 Å². The molecule has 14 nitrogen and oxygen atoms in total. The van der Waals surface area contributed by atoms with Gasteiger partial charge in [0, 0.05) is 38.0 Å². The van der Waals surface area contributed by atoms with Crippen LogP contribution in [-0.2, 0) is 42.7 Å². The molecule has 0 aromatic rings. The molecule has 14 heteroatoms. The summed E-state index contributed by atoms with van der Waals surface area (Å²) in [6.45, 7) is 18.3. The Hall–Kier alpha value is -2.31. The van der Waals surface area contributed by atoms with Crippen molar-refractivity contribution in [3.63, 3.8) is 0 Å². The first kappa shape index (κ1) is 50.6. The molecule has 17 atom stereocenters. The molecular weight excluding hydrogens is 837 g/mol. The third-order valence-electron chi connectivity index (χ3n) is 15.1. The Kier molecular flexibility index (Phi) is 16.4. The molecule has 7 aliphatic rings. The predicted molar refractivity (Wildman–Crippen MR) is 241 cm³/mol. The molecular formula is C51H78O14. The van der Waals surface area contributed by atoms with Gasteiger partial charge in [-0.1, -0.05) is 63.8 Å². The van der Waals surface area contributed by atoms with E-state index in [1.54, 1.807) is 12.2 Å². The lowest BCUT2D eigenvalue weighted by Crippen LogP contribution is -2.60. The highest BCUT2D eigenvalue weighted by Crippen LogP contribution is 2.47. The lowest BCUT2D eigenvalue weighted by molar-refractivity contribution is -0.321. The van der Waals surface area contributed by atoms with E-state index in [1.807, 2.05) is 19.1 Å². The summed E-state index contributed by atoms with van der Waals surface area (Å²) < 4.78 is 51.0. The number of allylic oxidation sites excluding steroid dienone is 1. The van der Waals surface area contributed by atoms with E-state index in [0.717, 1.165) is 50.7 Å². The number of hydrogen-bond acceptors (Lipinski definition) is 14. The zero-order valence-electron chi connectivity index (χ0n) is 39.4. The van der Waals surface area contributed by atoms with E-state index in [0.29, 0.717) is 68.4 Å². The largest absolute Gasteiger partial charge is 0.459 e. The van der Waals surface area contributed by atoms with Gasteiger partial charge in [-0.3, -0.25) is 0 Å². The van der Waals surface area contributed by atoms with Crippen LogP contribution in [0.4, 0.5) is 0 Å². The molecule has 5 N–H and O–H groups in total. The average molecular weight is 915 g/mol. The second kappa shape index (κ2) is 21.1. The highest BCUT2D eigenvalue weighted by Gasteiger charge is 2.55. The van der Waals surface area contributed by atoms with E-state index >= 15 is 0 Å². The Bertz CT molecular complexity index is 1750. The minimum atomic E-state index is -1.83. The average Bonchev–Trinajstić information content (AvgIpc) is 3.67. The molecule has 6 fully saturated rings. The molecule has 17 unspecified atom stereocenters. The zero-order chi connectivity index (χ0) is 46.7. The van der Waals surface area contributed by atoms with Gasteiger partial charge in [0.2, 0.25) is 5.79 Å². The molecule has 0 aliphatic carbocycles. The van der Waals surface area contributed by atoms with Gasteiger partial charge in [-0.05, 0) is 107 Å². The second-order valence-electron chi connectivity index (χ2n) is 20.7. The Labute approximate surface area is 386 Å². The zero-order valence-corrected chi connectivity index (χ0v) is 39.4. The first-order chi connectivity index (χ1) is 30.9. The Balaban J connectivity index is 0.895. The minimum Gasteiger partial charge on any atom is -0.459 e. The lowest BCUT2D eigenvalue weighted by Gasteiger charge is -2.50.